The maximum absolute atomic E-state index is 14.6. The molecule has 2 aromatic carbocycles. The summed E-state index contributed by atoms with van der Waals surface area (Å²) in [5.74, 6) is 0.355. The highest BCUT2D eigenvalue weighted by Gasteiger charge is 2.20. The number of aryl methyl sites for hydroxylation is 1. The van der Waals surface area contributed by atoms with Crippen molar-refractivity contribution >= 4 is 10.9 Å². The first-order chi connectivity index (χ1) is 10.7. The molecular formula is C18H18FNO2. The van der Waals surface area contributed by atoms with Crippen LogP contribution in [0.5, 0.6) is 5.75 Å². The fourth-order valence-electron chi connectivity index (χ4n) is 2.98. The molecule has 1 aromatic heterocycles. The summed E-state index contributed by atoms with van der Waals surface area (Å²) in [6.45, 7) is 0.0133. The Kier molecular flexibility index (Phi) is 3.86. The Labute approximate surface area is 128 Å². The van der Waals surface area contributed by atoms with Crippen LogP contribution in [0.2, 0.25) is 0 Å². The summed E-state index contributed by atoms with van der Waals surface area (Å²) in [5.41, 5.74) is 3.01. The quantitative estimate of drug-likeness (QED) is 0.800. The Morgan fingerprint density at radius 1 is 1.23 bits per heavy atom. The molecule has 0 aliphatic rings. The number of hydrogen-bond donors (Lipinski definition) is 1. The van der Waals surface area contributed by atoms with Crippen molar-refractivity contribution in [3.63, 3.8) is 0 Å². The molecule has 1 N–H and O–H groups in total. The summed E-state index contributed by atoms with van der Waals surface area (Å²) >= 11 is 0. The first kappa shape index (κ1) is 14.6. The Bertz CT molecular complexity index is 809. The number of hydrogen-bond acceptors (Lipinski definition) is 2. The van der Waals surface area contributed by atoms with Crippen molar-refractivity contribution in [1.82, 2.24) is 4.57 Å². The van der Waals surface area contributed by atoms with Crippen molar-refractivity contribution in [2.45, 2.75) is 6.42 Å². The van der Waals surface area contributed by atoms with E-state index in [2.05, 4.69) is 0 Å². The van der Waals surface area contributed by atoms with Crippen LogP contribution in [0, 0.1) is 5.82 Å². The van der Waals surface area contributed by atoms with Gasteiger partial charge in [0.2, 0.25) is 0 Å². The van der Waals surface area contributed by atoms with Crippen LogP contribution < -0.4 is 4.74 Å². The van der Waals surface area contributed by atoms with E-state index in [9.17, 15) is 9.50 Å². The third-order valence-corrected chi connectivity index (χ3v) is 3.90. The number of aromatic nitrogens is 1. The topological polar surface area (TPSA) is 34.4 Å². The summed E-state index contributed by atoms with van der Waals surface area (Å²) in [7, 11) is 3.39. The maximum Gasteiger partial charge on any atom is 0.148 e. The number of aliphatic hydroxyl groups is 1. The van der Waals surface area contributed by atoms with Crippen LogP contribution in [0.1, 0.15) is 5.56 Å². The van der Waals surface area contributed by atoms with E-state index in [0.29, 0.717) is 17.7 Å². The van der Waals surface area contributed by atoms with Gasteiger partial charge in [-0.15, -0.1) is 0 Å². The lowest BCUT2D eigenvalue weighted by atomic mass is 9.99. The molecule has 0 atom stereocenters. The predicted octanol–water partition coefficient (Wildman–Crippen LogP) is 3.53. The van der Waals surface area contributed by atoms with Crippen molar-refractivity contribution in [1.29, 1.82) is 0 Å². The van der Waals surface area contributed by atoms with Gasteiger partial charge < -0.3 is 14.4 Å². The smallest absolute Gasteiger partial charge is 0.148 e. The Hall–Kier alpha value is -2.33. The van der Waals surface area contributed by atoms with Crippen LogP contribution in [0.15, 0.2) is 42.6 Å². The van der Waals surface area contributed by atoms with Gasteiger partial charge in [-0.1, -0.05) is 30.3 Å². The second kappa shape index (κ2) is 5.81. The van der Waals surface area contributed by atoms with E-state index < -0.39 is 0 Å². The number of halogens is 1. The van der Waals surface area contributed by atoms with Crippen LogP contribution in [0.25, 0.3) is 22.0 Å². The average molecular weight is 299 g/mol. The monoisotopic (exact) mass is 299 g/mol. The minimum absolute atomic E-state index is 0.0133. The Morgan fingerprint density at radius 2 is 1.95 bits per heavy atom. The molecule has 0 fully saturated rings. The van der Waals surface area contributed by atoms with E-state index in [4.69, 9.17) is 4.74 Å². The molecule has 1 heterocycles. The Balaban J connectivity index is 2.38. The number of methoxy groups -OCH3 is 1. The zero-order valence-corrected chi connectivity index (χ0v) is 12.6. The standard InChI is InChI=1S/C18H18FNO2/c1-20-11-13(8-9-21)16-17(20)15(19)10-14(18(16)22-2)12-6-4-3-5-7-12/h3-7,10-11,21H,8-9H2,1-2H3. The fraction of sp³-hybridized carbons (Fsp3) is 0.222. The number of benzene rings is 2. The molecule has 0 aliphatic heterocycles. The molecule has 3 rings (SSSR count). The lowest BCUT2D eigenvalue weighted by Gasteiger charge is -2.13. The van der Waals surface area contributed by atoms with Gasteiger partial charge in [-0.25, -0.2) is 4.39 Å². The molecule has 0 saturated heterocycles. The largest absolute Gasteiger partial charge is 0.495 e. The maximum atomic E-state index is 14.6. The number of nitrogens with zero attached hydrogens (tertiary/aromatic N) is 1. The molecule has 114 valence electrons. The zero-order chi connectivity index (χ0) is 15.7. The SMILES string of the molecule is COc1c(-c2ccccc2)cc(F)c2c1c(CCO)cn2C. The van der Waals surface area contributed by atoms with E-state index in [1.165, 1.54) is 6.07 Å². The zero-order valence-electron chi connectivity index (χ0n) is 12.6. The summed E-state index contributed by atoms with van der Waals surface area (Å²) in [6, 6.07) is 11.1. The van der Waals surface area contributed by atoms with Gasteiger partial charge in [0.25, 0.3) is 0 Å². The van der Waals surface area contributed by atoms with Crippen LogP contribution in [-0.2, 0) is 13.5 Å². The highest BCUT2D eigenvalue weighted by molar-refractivity contribution is 5.97. The molecule has 0 radical (unpaired) electrons. The molecule has 3 aromatic rings. The van der Waals surface area contributed by atoms with Crippen molar-refractivity contribution in [3.8, 4) is 16.9 Å². The third-order valence-electron chi connectivity index (χ3n) is 3.90. The van der Waals surface area contributed by atoms with Gasteiger partial charge >= 0.3 is 0 Å². The first-order valence-electron chi connectivity index (χ1n) is 7.18. The van der Waals surface area contributed by atoms with Crippen molar-refractivity contribution < 1.29 is 14.2 Å². The lowest BCUT2D eigenvalue weighted by molar-refractivity contribution is 0.300. The second-order valence-corrected chi connectivity index (χ2v) is 5.27. The molecule has 0 amide bonds. The molecule has 4 heteroatoms. The number of ether oxygens (including phenoxy) is 1. The molecule has 3 nitrogen and oxygen atoms in total. The minimum Gasteiger partial charge on any atom is -0.495 e. The van der Waals surface area contributed by atoms with Gasteiger partial charge in [-0.3, -0.25) is 0 Å². The molecule has 0 saturated carbocycles. The van der Waals surface area contributed by atoms with E-state index in [0.717, 1.165) is 22.1 Å². The van der Waals surface area contributed by atoms with Crippen LogP contribution >= 0.6 is 0 Å². The van der Waals surface area contributed by atoms with E-state index in [1.807, 2.05) is 36.5 Å². The molecule has 22 heavy (non-hydrogen) atoms. The molecule has 0 unspecified atom stereocenters. The van der Waals surface area contributed by atoms with Gasteiger partial charge in [0, 0.05) is 30.8 Å². The summed E-state index contributed by atoms with van der Waals surface area (Å²) < 4.78 is 22.0. The van der Waals surface area contributed by atoms with Crippen LogP contribution in [-0.4, -0.2) is 23.4 Å². The lowest BCUT2D eigenvalue weighted by Crippen LogP contribution is -1.96. The molecule has 0 bridgehead atoms. The number of fused-ring (bicyclic) bond motifs is 1. The van der Waals surface area contributed by atoms with E-state index >= 15 is 0 Å². The number of aliphatic hydroxyl groups excluding tert-OH is 1. The van der Waals surface area contributed by atoms with Gasteiger partial charge in [0.15, 0.2) is 0 Å². The highest BCUT2D eigenvalue weighted by atomic mass is 19.1. The average Bonchev–Trinajstić information content (AvgIpc) is 2.86. The highest BCUT2D eigenvalue weighted by Crippen LogP contribution is 2.40. The van der Waals surface area contributed by atoms with Gasteiger partial charge in [0.1, 0.15) is 11.6 Å². The predicted molar refractivity (Wildman–Crippen MR) is 85.7 cm³/mol. The third kappa shape index (κ3) is 2.25. The van der Waals surface area contributed by atoms with Gasteiger partial charge in [0.05, 0.1) is 12.6 Å². The van der Waals surface area contributed by atoms with E-state index in [-0.39, 0.29) is 12.4 Å². The molecule has 0 aliphatic carbocycles. The van der Waals surface area contributed by atoms with E-state index in [1.54, 1.807) is 18.7 Å². The van der Waals surface area contributed by atoms with Crippen molar-refractivity contribution in [3.05, 3.63) is 54.0 Å². The van der Waals surface area contributed by atoms with Crippen molar-refractivity contribution in [2.75, 3.05) is 13.7 Å². The van der Waals surface area contributed by atoms with Crippen LogP contribution in [0.4, 0.5) is 4.39 Å². The number of rotatable bonds is 4. The fourth-order valence-corrected chi connectivity index (χ4v) is 2.98. The molecule has 0 spiro atoms. The van der Waals surface area contributed by atoms with Gasteiger partial charge in [-0.05, 0) is 23.6 Å². The van der Waals surface area contributed by atoms with Crippen LogP contribution in [0.3, 0.4) is 0 Å². The van der Waals surface area contributed by atoms with Gasteiger partial charge in [-0.2, -0.15) is 0 Å². The van der Waals surface area contributed by atoms with Crippen molar-refractivity contribution in [2.24, 2.45) is 7.05 Å². The molecular weight excluding hydrogens is 281 g/mol. The second-order valence-electron chi connectivity index (χ2n) is 5.27. The normalized spacial score (nSPS) is 11.1. The summed E-state index contributed by atoms with van der Waals surface area (Å²) in [6.07, 6.45) is 2.31. The minimum atomic E-state index is -0.290. The Morgan fingerprint density at radius 3 is 2.59 bits per heavy atom. The first-order valence-corrected chi connectivity index (χ1v) is 7.18. The summed E-state index contributed by atoms with van der Waals surface area (Å²) in [4.78, 5) is 0. The summed E-state index contributed by atoms with van der Waals surface area (Å²) in [5, 5.41) is 10.00.